The van der Waals surface area contributed by atoms with Crippen LogP contribution in [0.3, 0.4) is 0 Å². The Morgan fingerprint density at radius 3 is 3.07 bits per heavy atom. The topological polar surface area (TPSA) is 63.0 Å². The molecule has 78 valence electrons. The summed E-state index contributed by atoms with van der Waals surface area (Å²) in [5.74, 6) is -0.413. The first kappa shape index (κ1) is 11.5. The van der Waals surface area contributed by atoms with Crippen LogP contribution in [0.15, 0.2) is 12.3 Å². The van der Waals surface area contributed by atoms with Gasteiger partial charge in [-0.2, -0.15) is 5.26 Å². The van der Waals surface area contributed by atoms with Crippen LogP contribution in [0.1, 0.15) is 18.2 Å². The molecule has 0 saturated carbocycles. The van der Waals surface area contributed by atoms with E-state index in [1.54, 1.807) is 6.92 Å². The van der Waals surface area contributed by atoms with E-state index in [1.807, 2.05) is 6.07 Å². The van der Waals surface area contributed by atoms with Gasteiger partial charge in [0.2, 0.25) is 0 Å². The second-order valence-electron chi connectivity index (χ2n) is 2.71. The van der Waals surface area contributed by atoms with E-state index >= 15 is 0 Å². The predicted octanol–water partition coefficient (Wildman–Crippen LogP) is 1.71. The SMILES string of the molecule is CCOC(=O)Cc1c(Cl)ccnc1C#N. The number of carbonyl (C=O) groups excluding carboxylic acids is 1. The molecule has 5 heteroatoms. The monoisotopic (exact) mass is 224 g/mol. The van der Waals surface area contributed by atoms with Crippen molar-refractivity contribution in [2.45, 2.75) is 13.3 Å². The number of nitrogens with zero attached hydrogens (tertiary/aromatic N) is 2. The Hall–Kier alpha value is -1.60. The lowest BCUT2D eigenvalue weighted by Crippen LogP contribution is -2.09. The van der Waals surface area contributed by atoms with Crippen LogP contribution in [-0.2, 0) is 16.0 Å². The van der Waals surface area contributed by atoms with Gasteiger partial charge < -0.3 is 4.74 Å². The average Bonchev–Trinajstić information content (AvgIpc) is 2.21. The second-order valence-corrected chi connectivity index (χ2v) is 3.12. The van der Waals surface area contributed by atoms with Crippen LogP contribution in [0.2, 0.25) is 5.02 Å². The molecule has 1 rings (SSSR count). The van der Waals surface area contributed by atoms with E-state index in [4.69, 9.17) is 21.6 Å². The smallest absolute Gasteiger partial charge is 0.310 e. The van der Waals surface area contributed by atoms with Crippen molar-refractivity contribution in [3.05, 3.63) is 28.5 Å². The van der Waals surface area contributed by atoms with Crippen molar-refractivity contribution >= 4 is 17.6 Å². The number of aromatic nitrogens is 1. The number of halogens is 1. The fourth-order valence-electron chi connectivity index (χ4n) is 1.09. The van der Waals surface area contributed by atoms with Crippen LogP contribution in [0.25, 0.3) is 0 Å². The van der Waals surface area contributed by atoms with Crippen LogP contribution in [0.4, 0.5) is 0 Å². The van der Waals surface area contributed by atoms with E-state index in [0.29, 0.717) is 17.2 Å². The first-order valence-corrected chi connectivity index (χ1v) is 4.76. The molecule has 1 aromatic heterocycles. The molecule has 0 aromatic carbocycles. The number of ether oxygens (including phenoxy) is 1. The van der Waals surface area contributed by atoms with Gasteiger partial charge in [-0.25, -0.2) is 4.98 Å². The molecule has 0 aliphatic carbocycles. The van der Waals surface area contributed by atoms with Crippen LogP contribution in [0.5, 0.6) is 0 Å². The molecule has 0 aliphatic heterocycles. The Kier molecular flexibility index (Phi) is 4.07. The van der Waals surface area contributed by atoms with Crippen LogP contribution in [0, 0.1) is 11.3 Å². The number of hydrogen-bond acceptors (Lipinski definition) is 4. The number of nitriles is 1. The zero-order chi connectivity index (χ0) is 11.3. The van der Waals surface area contributed by atoms with Gasteiger partial charge in [-0.05, 0) is 13.0 Å². The second kappa shape index (κ2) is 5.32. The molecule has 0 aliphatic rings. The Morgan fingerprint density at radius 1 is 1.73 bits per heavy atom. The van der Waals surface area contributed by atoms with E-state index in [0.717, 1.165) is 0 Å². The summed E-state index contributed by atoms with van der Waals surface area (Å²) >= 11 is 5.85. The standard InChI is InChI=1S/C10H9ClN2O2/c1-2-15-10(14)5-7-8(11)3-4-13-9(7)6-12/h3-4H,2,5H2,1H3. The lowest BCUT2D eigenvalue weighted by molar-refractivity contribution is -0.142. The molecule has 0 amide bonds. The van der Waals surface area contributed by atoms with E-state index in [-0.39, 0.29) is 12.1 Å². The van der Waals surface area contributed by atoms with Crippen molar-refractivity contribution < 1.29 is 9.53 Å². The zero-order valence-corrected chi connectivity index (χ0v) is 8.91. The Balaban J connectivity index is 2.94. The number of carbonyl (C=O) groups is 1. The third-order valence-electron chi connectivity index (χ3n) is 1.73. The quantitative estimate of drug-likeness (QED) is 0.734. The van der Waals surface area contributed by atoms with Gasteiger partial charge in [0.05, 0.1) is 13.0 Å². The number of esters is 1. The third kappa shape index (κ3) is 2.93. The minimum absolute atomic E-state index is 0.0244. The number of rotatable bonds is 3. The minimum Gasteiger partial charge on any atom is -0.466 e. The molecule has 0 fully saturated rings. The summed E-state index contributed by atoms with van der Waals surface area (Å²) in [7, 11) is 0. The summed E-state index contributed by atoms with van der Waals surface area (Å²) in [6.07, 6.45) is 1.40. The van der Waals surface area contributed by atoms with Crippen molar-refractivity contribution in [2.24, 2.45) is 0 Å². The number of pyridine rings is 1. The minimum atomic E-state index is -0.413. The highest BCUT2D eigenvalue weighted by atomic mass is 35.5. The first-order valence-electron chi connectivity index (χ1n) is 4.38. The highest BCUT2D eigenvalue weighted by molar-refractivity contribution is 6.31. The number of hydrogen-bond donors (Lipinski definition) is 0. The van der Waals surface area contributed by atoms with Crippen molar-refractivity contribution in [1.29, 1.82) is 5.26 Å². The summed E-state index contributed by atoms with van der Waals surface area (Å²) in [6, 6.07) is 3.42. The maximum Gasteiger partial charge on any atom is 0.310 e. The van der Waals surface area contributed by atoms with Gasteiger partial charge >= 0.3 is 5.97 Å². The van der Waals surface area contributed by atoms with Gasteiger partial charge in [-0.3, -0.25) is 4.79 Å². The highest BCUT2D eigenvalue weighted by Crippen LogP contribution is 2.18. The fourth-order valence-corrected chi connectivity index (χ4v) is 1.30. The zero-order valence-electron chi connectivity index (χ0n) is 8.16. The molecule has 0 spiro atoms. The summed E-state index contributed by atoms with van der Waals surface area (Å²) in [4.78, 5) is 15.0. The van der Waals surface area contributed by atoms with Crippen LogP contribution >= 0.6 is 11.6 Å². The van der Waals surface area contributed by atoms with Crippen molar-refractivity contribution in [1.82, 2.24) is 4.98 Å². The third-order valence-corrected chi connectivity index (χ3v) is 2.09. The fraction of sp³-hybridized carbons (Fsp3) is 0.300. The van der Waals surface area contributed by atoms with Gasteiger partial charge in [-0.1, -0.05) is 11.6 Å². The summed E-state index contributed by atoms with van der Waals surface area (Å²) in [5, 5.41) is 9.12. The lowest BCUT2D eigenvalue weighted by atomic mass is 10.1. The summed E-state index contributed by atoms with van der Waals surface area (Å²) in [6.45, 7) is 2.02. The predicted molar refractivity (Wildman–Crippen MR) is 54.3 cm³/mol. The van der Waals surface area contributed by atoms with Crippen LogP contribution in [-0.4, -0.2) is 17.6 Å². The Morgan fingerprint density at radius 2 is 2.47 bits per heavy atom. The molecule has 0 N–H and O–H groups in total. The van der Waals surface area contributed by atoms with E-state index in [2.05, 4.69) is 4.98 Å². The summed E-state index contributed by atoms with van der Waals surface area (Å²) in [5.41, 5.74) is 0.579. The summed E-state index contributed by atoms with van der Waals surface area (Å²) < 4.78 is 4.77. The molecule has 0 unspecified atom stereocenters. The molecule has 1 aromatic rings. The molecule has 1 heterocycles. The molecule has 15 heavy (non-hydrogen) atoms. The Bertz CT molecular complexity index is 412. The highest BCUT2D eigenvalue weighted by Gasteiger charge is 2.13. The Labute approximate surface area is 92.4 Å². The maximum absolute atomic E-state index is 11.2. The van der Waals surface area contributed by atoms with Crippen molar-refractivity contribution in [3.8, 4) is 6.07 Å². The van der Waals surface area contributed by atoms with E-state index in [9.17, 15) is 4.79 Å². The lowest BCUT2D eigenvalue weighted by Gasteiger charge is -2.04. The molecular weight excluding hydrogens is 216 g/mol. The van der Waals surface area contributed by atoms with Crippen LogP contribution < -0.4 is 0 Å². The molecular formula is C10H9ClN2O2. The van der Waals surface area contributed by atoms with E-state index < -0.39 is 5.97 Å². The van der Waals surface area contributed by atoms with Crippen molar-refractivity contribution in [2.75, 3.05) is 6.61 Å². The van der Waals surface area contributed by atoms with Crippen molar-refractivity contribution in [3.63, 3.8) is 0 Å². The van der Waals surface area contributed by atoms with Gasteiger partial charge in [0.15, 0.2) is 0 Å². The van der Waals surface area contributed by atoms with E-state index in [1.165, 1.54) is 12.3 Å². The molecule has 4 nitrogen and oxygen atoms in total. The van der Waals surface area contributed by atoms with Gasteiger partial charge in [0, 0.05) is 16.8 Å². The van der Waals surface area contributed by atoms with Gasteiger partial charge in [0.1, 0.15) is 11.8 Å². The first-order chi connectivity index (χ1) is 7.19. The van der Waals surface area contributed by atoms with Gasteiger partial charge in [0.25, 0.3) is 0 Å². The van der Waals surface area contributed by atoms with Gasteiger partial charge in [-0.15, -0.1) is 0 Å². The molecule has 0 bridgehead atoms. The average molecular weight is 225 g/mol. The molecule has 0 radical (unpaired) electrons. The molecule has 0 saturated heterocycles. The molecule has 0 atom stereocenters. The maximum atomic E-state index is 11.2. The largest absolute Gasteiger partial charge is 0.466 e. The normalized spacial score (nSPS) is 9.40.